The normalized spacial score (nSPS) is 22.5. The average Bonchev–Trinajstić information content (AvgIpc) is 3.09. The zero-order valence-electron chi connectivity index (χ0n) is 13.1. The zero-order valence-corrected chi connectivity index (χ0v) is 14.6. The summed E-state index contributed by atoms with van der Waals surface area (Å²) in [5.74, 6) is -1.60. The molecule has 4 rings (SSSR count). The second-order valence-electron chi connectivity index (χ2n) is 6.10. The molecule has 1 aliphatic heterocycles. The Bertz CT molecular complexity index is 897. The molecule has 1 saturated heterocycles. The van der Waals surface area contributed by atoms with Gasteiger partial charge in [0.25, 0.3) is 0 Å². The highest BCUT2D eigenvalue weighted by Gasteiger charge is 2.47. The van der Waals surface area contributed by atoms with Gasteiger partial charge in [0.2, 0.25) is 17.7 Å². The smallest absolute Gasteiger partial charge is 0.246 e. The number of likely N-dealkylation sites (tertiary alicyclic amines) is 1. The molecule has 0 unspecified atom stereocenters. The van der Waals surface area contributed by atoms with Gasteiger partial charge in [0.15, 0.2) is 5.13 Å². The molecular weight excluding hydrogens is 362 g/mol. The lowest BCUT2D eigenvalue weighted by Crippen LogP contribution is -2.38. The van der Waals surface area contributed by atoms with Gasteiger partial charge >= 0.3 is 0 Å². The van der Waals surface area contributed by atoms with Crippen molar-refractivity contribution in [2.24, 2.45) is 11.8 Å². The number of thiazole rings is 1. The number of carbonyl (C=O) groups is 3. The van der Waals surface area contributed by atoms with Gasteiger partial charge in [-0.2, -0.15) is 0 Å². The minimum absolute atomic E-state index is 0.259. The molecule has 6 nitrogen and oxygen atoms in total. The number of imide groups is 1. The van der Waals surface area contributed by atoms with E-state index < -0.39 is 5.91 Å². The maximum atomic E-state index is 12.4. The van der Waals surface area contributed by atoms with Crippen LogP contribution in [0.15, 0.2) is 30.4 Å². The molecule has 2 aromatic rings. The molecule has 0 spiro atoms. The fraction of sp³-hybridized carbons (Fsp3) is 0.294. The molecule has 3 amide bonds. The number of hydrogen-bond acceptors (Lipinski definition) is 5. The Hall–Kier alpha value is -2.25. The standard InChI is InChI=1S/C17H14ClN3O3S/c18-9-5-6-12-13(7-9)25-17(19-12)20-14(22)8-21-15(23)10-3-1-2-4-11(10)16(21)24/h1-2,5-7,10-11H,3-4,8H2,(H,19,20,22)/t10-,11+. The van der Waals surface area contributed by atoms with Gasteiger partial charge < -0.3 is 5.32 Å². The molecule has 1 aliphatic carbocycles. The fourth-order valence-electron chi connectivity index (χ4n) is 3.28. The Balaban J connectivity index is 1.46. The number of amides is 3. The third kappa shape index (κ3) is 2.94. The van der Waals surface area contributed by atoms with E-state index in [1.54, 1.807) is 18.2 Å². The third-order valence-electron chi connectivity index (χ3n) is 4.50. The summed E-state index contributed by atoms with van der Waals surface area (Å²) in [7, 11) is 0. The molecule has 0 radical (unpaired) electrons. The van der Waals surface area contributed by atoms with E-state index in [-0.39, 0.29) is 30.2 Å². The Morgan fingerprint density at radius 1 is 1.24 bits per heavy atom. The van der Waals surface area contributed by atoms with E-state index in [2.05, 4.69) is 10.3 Å². The molecule has 1 aromatic carbocycles. The first-order valence-electron chi connectivity index (χ1n) is 7.89. The molecule has 2 aliphatic rings. The highest BCUT2D eigenvalue weighted by molar-refractivity contribution is 7.22. The predicted octanol–water partition coefficient (Wildman–Crippen LogP) is 2.84. The van der Waals surface area contributed by atoms with Crippen LogP contribution in [0, 0.1) is 11.8 Å². The Labute approximate surface area is 152 Å². The van der Waals surface area contributed by atoms with Crippen molar-refractivity contribution >= 4 is 56.0 Å². The first-order valence-corrected chi connectivity index (χ1v) is 9.08. The molecule has 1 aromatic heterocycles. The van der Waals surface area contributed by atoms with E-state index >= 15 is 0 Å². The minimum atomic E-state index is -0.432. The number of anilines is 1. The Morgan fingerprint density at radius 3 is 2.60 bits per heavy atom. The molecular formula is C17H14ClN3O3S. The largest absolute Gasteiger partial charge is 0.300 e. The lowest BCUT2D eigenvalue weighted by atomic mass is 9.85. The van der Waals surface area contributed by atoms with Crippen LogP contribution in [0.25, 0.3) is 10.2 Å². The second kappa shape index (κ2) is 6.24. The predicted molar refractivity (Wildman–Crippen MR) is 95.3 cm³/mol. The van der Waals surface area contributed by atoms with E-state index in [0.29, 0.717) is 23.0 Å². The van der Waals surface area contributed by atoms with Crippen LogP contribution in [0.3, 0.4) is 0 Å². The van der Waals surface area contributed by atoms with Crippen molar-refractivity contribution in [3.8, 4) is 0 Å². The number of rotatable bonds is 3. The molecule has 1 N–H and O–H groups in total. The minimum Gasteiger partial charge on any atom is -0.300 e. The van der Waals surface area contributed by atoms with Crippen LogP contribution in [0.2, 0.25) is 5.02 Å². The number of allylic oxidation sites excluding steroid dienone is 2. The van der Waals surface area contributed by atoms with Crippen molar-refractivity contribution in [2.45, 2.75) is 12.8 Å². The SMILES string of the molecule is O=C(CN1C(=O)[C@H]2CC=CC[C@H]2C1=O)Nc1nc2ccc(Cl)cc2s1. The summed E-state index contributed by atoms with van der Waals surface area (Å²) < 4.78 is 0.855. The van der Waals surface area contributed by atoms with Gasteiger partial charge in [-0.3, -0.25) is 19.3 Å². The highest BCUT2D eigenvalue weighted by atomic mass is 35.5. The van der Waals surface area contributed by atoms with E-state index in [9.17, 15) is 14.4 Å². The van der Waals surface area contributed by atoms with Crippen molar-refractivity contribution in [3.05, 3.63) is 35.4 Å². The molecule has 128 valence electrons. The molecule has 0 bridgehead atoms. The number of carbonyl (C=O) groups excluding carboxylic acids is 3. The highest BCUT2D eigenvalue weighted by Crippen LogP contribution is 2.35. The summed E-state index contributed by atoms with van der Waals surface area (Å²) in [6.07, 6.45) is 4.96. The quantitative estimate of drug-likeness (QED) is 0.660. The van der Waals surface area contributed by atoms with Gasteiger partial charge in [-0.05, 0) is 31.0 Å². The van der Waals surface area contributed by atoms with Crippen molar-refractivity contribution in [2.75, 3.05) is 11.9 Å². The van der Waals surface area contributed by atoms with E-state index in [1.165, 1.54) is 11.3 Å². The third-order valence-corrected chi connectivity index (χ3v) is 5.67. The summed E-state index contributed by atoms with van der Waals surface area (Å²) >= 11 is 7.24. The van der Waals surface area contributed by atoms with E-state index in [0.717, 1.165) is 15.1 Å². The monoisotopic (exact) mass is 375 g/mol. The number of nitrogens with one attached hydrogen (secondary N) is 1. The Morgan fingerprint density at radius 2 is 1.92 bits per heavy atom. The van der Waals surface area contributed by atoms with Crippen molar-refractivity contribution < 1.29 is 14.4 Å². The van der Waals surface area contributed by atoms with Crippen LogP contribution in [0.5, 0.6) is 0 Å². The number of fused-ring (bicyclic) bond motifs is 2. The maximum Gasteiger partial charge on any atom is 0.246 e. The van der Waals surface area contributed by atoms with Crippen molar-refractivity contribution in [1.29, 1.82) is 0 Å². The molecule has 0 saturated carbocycles. The van der Waals surface area contributed by atoms with Crippen LogP contribution >= 0.6 is 22.9 Å². The summed E-state index contributed by atoms with van der Waals surface area (Å²) in [4.78, 5) is 42.4. The lowest BCUT2D eigenvalue weighted by molar-refractivity contribution is -0.142. The zero-order chi connectivity index (χ0) is 17.6. The van der Waals surface area contributed by atoms with Gasteiger partial charge in [0.05, 0.1) is 22.1 Å². The molecule has 2 heterocycles. The van der Waals surface area contributed by atoms with Gasteiger partial charge in [0.1, 0.15) is 6.54 Å². The number of benzene rings is 1. The summed E-state index contributed by atoms with van der Waals surface area (Å²) in [6.45, 7) is -0.276. The van der Waals surface area contributed by atoms with E-state index in [4.69, 9.17) is 11.6 Å². The molecule has 1 fully saturated rings. The Kier molecular flexibility index (Phi) is 4.05. The molecule has 2 atom stereocenters. The fourth-order valence-corrected chi connectivity index (χ4v) is 4.44. The first kappa shape index (κ1) is 16.2. The maximum absolute atomic E-state index is 12.4. The van der Waals surface area contributed by atoms with Gasteiger partial charge in [-0.25, -0.2) is 4.98 Å². The van der Waals surface area contributed by atoms with Gasteiger partial charge in [-0.1, -0.05) is 35.1 Å². The average molecular weight is 376 g/mol. The van der Waals surface area contributed by atoms with Crippen LogP contribution in [0.4, 0.5) is 5.13 Å². The van der Waals surface area contributed by atoms with E-state index in [1.807, 2.05) is 12.2 Å². The number of hydrogen-bond donors (Lipinski definition) is 1. The van der Waals surface area contributed by atoms with Crippen LogP contribution in [0.1, 0.15) is 12.8 Å². The summed E-state index contributed by atoms with van der Waals surface area (Å²) in [5, 5.41) is 3.68. The van der Waals surface area contributed by atoms with Gasteiger partial charge in [0, 0.05) is 5.02 Å². The van der Waals surface area contributed by atoms with Crippen LogP contribution < -0.4 is 5.32 Å². The number of aromatic nitrogens is 1. The summed E-state index contributed by atoms with van der Waals surface area (Å²) in [6, 6.07) is 5.27. The first-order chi connectivity index (χ1) is 12.0. The van der Waals surface area contributed by atoms with Crippen molar-refractivity contribution in [1.82, 2.24) is 9.88 Å². The van der Waals surface area contributed by atoms with Gasteiger partial charge in [-0.15, -0.1) is 0 Å². The number of nitrogens with zero attached hydrogens (tertiary/aromatic N) is 2. The second-order valence-corrected chi connectivity index (χ2v) is 7.56. The topological polar surface area (TPSA) is 79.4 Å². The summed E-state index contributed by atoms with van der Waals surface area (Å²) in [5.41, 5.74) is 0.732. The number of halogens is 1. The molecule has 8 heteroatoms. The van der Waals surface area contributed by atoms with Crippen LogP contribution in [-0.4, -0.2) is 34.2 Å². The lowest BCUT2D eigenvalue weighted by Gasteiger charge is -2.14. The van der Waals surface area contributed by atoms with Crippen LogP contribution in [-0.2, 0) is 14.4 Å². The van der Waals surface area contributed by atoms with Crippen molar-refractivity contribution in [3.63, 3.8) is 0 Å². The molecule has 25 heavy (non-hydrogen) atoms.